The maximum Gasteiger partial charge on any atom is 0.238 e. The zero-order chi connectivity index (χ0) is 22.7. The van der Waals surface area contributed by atoms with Crippen molar-refractivity contribution >= 4 is 72.7 Å². The smallest absolute Gasteiger partial charge is 0.238 e. The molecule has 0 spiro atoms. The fourth-order valence-corrected chi connectivity index (χ4v) is 3.90. The van der Waals surface area contributed by atoms with E-state index in [4.69, 9.17) is 29.0 Å². The molecule has 32 heavy (non-hydrogen) atoms. The molecule has 8 nitrogen and oxygen atoms in total. The largest absolute Gasteiger partial charge is 0.340 e. The van der Waals surface area contributed by atoms with Crippen LogP contribution < -0.4 is 21.1 Å². The minimum atomic E-state index is -3.75. The fraction of sp³-hybridized carbons (Fsp3) is 0. The first kappa shape index (κ1) is 21.9. The lowest BCUT2D eigenvalue weighted by molar-refractivity contribution is 0.598. The molecule has 0 atom stereocenters. The molecular formula is C21H17ClN6O2S2. The van der Waals surface area contributed by atoms with Crippen molar-refractivity contribution in [3.8, 4) is 0 Å². The maximum atomic E-state index is 11.4. The van der Waals surface area contributed by atoms with Crippen molar-refractivity contribution in [1.29, 1.82) is 0 Å². The summed E-state index contributed by atoms with van der Waals surface area (Å²) in [5.41, 5.74) is 2.89. The molecule has 11 heteroatoms. The van der Waals surface area contributed by atoms with Gasteiger partial charge in [0.05, 0.1) is 10.4 Å². The summed E-state index contributed by atoms with van der Waals surface area (Å²) in [6, 6.07) is 18.9. The number of thiocarbonyl (C=S) groups is 1. The molecule has 0 aliphatic heterocycles. The lowest BCUT2D eigenvalue weighted by Gasteiger charge is -2.13. The molecule has 5 N–H and O–H groups in total. The summed E-state index contributed by atoms with van der Waals surface area (Å²) in [6.07, 6.45) is 1.49. The van der Waals surface area contributed by atoms with Gasteiger partial charge in [0.15, 0.2) is 5.11 Å². The van der Waals surface area contributed by atoms with E-state index in [9.17, 15) is 8.42 Å². The molecule has 0 aliphatic carbocycles. The molecule has 0 saturated carbocycles. The molecule has 1 aromatic heterocycles. The Morgan fingerprint density at radius 3 is 2.34 bits per heavy atom. The van der Waals surface area contributed by atoms with Crippen LogP contribution in [0.1, 0.15) is 0 Å². The van der Waals surface area contributed by atoms with Gasteiger partial charge < -0.3 is 16.0 Å². The molecule has 0 radical (unpaired) electrons. The maximum absolute atomic E-state index is 11.4. The first-order chi connectivity index (χ1) is 15.3. The number of primary sulfonamides is 1. The Morgan fingerprint density at radius 2 is 1.62 bits per heavy atom. The number of nitrogens with two attached hydrogens (primary N) is 1. The highest BCUT2D eigenvalue weighted by Gasteiger charge is 2.09. The molecule has 0 saturated heterocycles. The second-order valence-electron chi connectivity index (χ2n) is 6.74. The van der Waals surface area contributed by atoms with Gasteiger partial charge in [0.1, 0.15) is 12.1 Å². The molecule has 3 aromatic carbocycles. The van der Waals surface area contributed by atoms with Crippen LogP contribution >= 0.6 is 23.8 Å². The van der Waals surface area contributed by atoms with Gasteiger partial charge in [-0.05, 0) is 72.9 Å². The van der Waals surface area contributed by atoms with Crippen molar-refractivity contribution in [2.45, 2.75) is 4.90 Å². The summed E-state index contributed by atoms with van der Waals surface area (Å²) in [6.45, 7) is 0. The van der Waals surface area contributed by atoms with Gasteiger partial charge in [-0.3, -0.25) is 0 Å². The minimum absolute atomic E-state index is 0.0242. The predicted octanol–water partition coefficient (Wildman–Crippen LogP) is 4.48. The summed E-state index contributed by atoms with van der Waals surface area (Å²) in [5, 5.41) is 16.2. The summed E-state index contributed by atoms with van der Waals surface area (Å²) < 4.78 is 22.7. The van der Waals surface area contributed by atoms with E-state index in [0.29, 0.717) is 21.6 Å². The number of sulfonamides is 1. The van der Waals surface area contributed by atoms with Gasteiger partial charge >= 0.3 is 0 Å². The van der Waals surface area contributed by atoms with Gasteiger partial charge in [-0.25, -0.2) is 23.5 Å². The van der Waals surface area contributed by atoms with Crippen LogP contribution in [0.2, 0.25) is 5.02 Å². The highest BCUT2D eigenvalue weighted by atomic mass is 35.5. The third-order valence-electron chi connectivity index (χ3n) is 4.42. The van der Waals surface area contributed by atoms with Crippen molar-refractivity contribution in [2.75, 3.05) is 16.0 Å². The number of hydrogen-bond acceptors (Lipinski definition) is 6. The number of aromatic nitrogens is 2. The number of rotatable bonds is 5. The first-order valence-electron chi connectivity index (χ1n) is 9.26. The number of anilines is 4. The molecule has 4 aromatic rings. The van der Waals surface area contributed by atoms with Crippen LogP contribution in [0.15, 0.2) is 78.0 Å². The summed E-state index contributed by atoms with van der Waals surface area (Å²) in [5.74, 6) is 0.623. The monoisotopic (exact) mass is 484 g/mol. The van der Waals surface area contributed by atoms with Gasteiger partial charge in [0.2, 0.25) is 10.0 Å². The van der Waals surface area contributed by atoms with Crippen LogP contribution in [0.3, 0.4) is 0 Å². The van der Waals surface area contributed by atoms with E-state index in [1.54, 1.807) is 24.3 Å². The second kappa shape index (κ2) is 9.05. The standard InChI is InChI=1S/C21H17ClN6O2S2/c22-13-2-1-3-15(10-13)26-20-18-11-16(6-9-19(18)24-12-25-20)28-21(31)27-14-4-7-17(8-5-14)32(23,29)30/h1-12H,(H2,23,29,30)(H,24,25,26)(H2,27,28,31). The number of benzene rings is 3. The van der Waals surface area contributed by atoms with Crippen molar-refractivity contribution in [2.24, 2.45) is 5.14 Å². The zero-order valence-corrected chi connectivity index (χ0v) is 18.8. The van der Waals surface area contributed by atoms with Crippen LogP contribution in [0, 0.1) is 0 Å². The third-order valence-corrected chi connectivity index (χ3v) is 5.79. The quantitative estimate of drug-likeness (QED) is 0.306. The van der Waals surface area contributed by atoms with Crippen molar-refractivity contribution in [3.05, 3.63) is 78.1 Å². The van der Waals surface area contributed by atoms with Crippen molar-refractivity contribution in [3.63, 3.8) is 0 Å². The van der Waals surface area contributed by atoms with Gasteiger partial charge in [0.25, 0.3) is 0 Å². The van der Waals surface area contributed by atoms with E-state index in [1.165, 1.54) is 18.5 Å². The van der Waals surface area contributed by atoms with E-state index in [2.05, 4.69) is 25.9 Å². The Kier molecular flexibility index (Phi) is 6.19. The van der Waals surface area contributed by atoms with E-state index in [-0.39, 0.29) is 4.90 Å². The van der Waals surface area contributed by atoms with Crippen LogP contribution in [-0.2, 0) is 10.0 Å². The first-order valence-corrected chi connectivity index (χ1v) is 11.6. The van der Waals surface area contributed by atoms with E-state index in [0.717, 1.165) is 22.3 Å². The number of fused-ring (bicyclic) bond motifs is 1. The molecule has 0 bridgehead atoms. The third kappa shape index (κ3) is 5.29. The minimum Gasteiger partial charge on any atom is -0.340 e. The highest BCUT2D eigenvalue weighted by Crippen LogP contribution is 2.27. The van der Waals surface area contributed by atoms with Crippen LogP contribution in [0.25, 0.3) is 10.9 Å². The zero-order valence-electron chi connectivity index (χ0n) is 16.4. The number of nitrogens with one attached hydrogen (secondary N) is 3. The Morgan fingerprint density at radius 1 is 0.906 bits per heavy atom. The molecule has 162 valence electrons. The Hall–Kier alpha value is -3.31. The Balaban J connectivity index is 1.52. The second-order valence-corrected chi connectivity index (χ2v) is 9.14. The molecule has 0 unspecified atom stereocenters. The summed E-state index contributed by atoms with van der Waals surface area (Å²) in [4.78, 5) is 8.68. The van der Waals surface area contributed by atoms with Gasteiger partial charge in [0, 0.05) is 27.5 Å². The van der Waals surface area contributed by atoms with E-state index < -0.39 is 10.0 Å². The number of hydrogen-bond donors (Lipinski definition) is 4. The lowest BCUT2D eigenvalue weighted by atomic mass is 10.2. The topological polar surface area (TPSA) is 122 Å². The summed E-state index contributed by atoms with van der Waals surface area (Å²) in [7, 11) is -3.75. The molecule has 1 heterocycles. The Bertz CT molecular complexity index is 1410. The number of nitrogens with zero attached hydrogens (tertiary/aromatic N) is 2. The van der Waals surface area contributed by atoms with Crippen LogP contribution in [0.5, 0.6) is 0 Å². The lowest BCUT2D eigenvalue weighted by Crippen LogP contribution is -2.19. The van der Waals surface area contributed by atoms with E-state index >= 15 is 0 Å². The normalized spacial score (nSPS) is 11.2. The number of halogens is 1. The molecule has 0 fully saturated rings. The fourth-order valence-electron chi connectivity index (χ4n) is 2.96. The van der Waals surface area contributed by atoms with Crippen LogP contribution in [0.4, 0.5) is 22.9 Å². The Labute approximate surface area is 194 Å². The van der Waals surface area contributed by atoms with Gasteiger partial charge in [-0.2, -0.15) is 0 Å². The molecule has 4 rings (SSSR count). The average molecular weight is 485 g/mol. The molecule has 0 amide bonds. The molecular weight excluding hydrogens is 468 g/mol. The van der Waals surface area contributed by atoms with Gasteiger partial charge in [-0.15, -0.1) is 0 Å². The summed E-state index contributed by atoms with van der Waals surface area (Å²) >= 11 is 11.4. The van der Waals surface area contributed by atoms with Crippen molar-refractivity contribution < 1.29 is 8.42 Å². The average Bonchev–Trinajstić information content (AvgIpc) is 2.74. The molecule has 0 aliphatic rings. The van der Waals surface area contributed by atoms with Crippen molar-refractivity contribution in [1.82, 2.24) is 9.97 Å². The van der Waals surface area contributed by atoms with Crippen LogP contribution in [-0.4, -0.2) is 23.5 Å². The SMILES string of the molecule is NS(=O)(=O)c1ccc(NC(=S)Nc2ccc3ncnc(Nc4cccc(Cl)c4)c3c2)cc1. The van der Waals surface area contributed by atoms with Gasteiger partial charge in [-0.1, -0.05) is 17.7 Å². The highest BCUT2D eigenvalue weighted by molar-refractivity contribution is 7.89. The predicted molar refractivity (Wildman–Crippen MR) is 132 cm³/mol. The van der Waals surface area contributed by atoms with E-state index in [1.807, 2.05) is 30.3 Å².